The van der Waals surface area contributed by atoms with Crippen LogP contribution < -0.4 is 15.2 Å². The van der Waals surface area contributed by atoms with E-state index >= 15 is 0 Å². The number of para-hydroxylation sites is 1. The molecule has 3 N–H and O–H groups in total. The zero-order valence-electron chi connectivity index (χ0n) is 14.7. The number of ether oxygens (including phenoxy) is 1. The Balaban J connectivity index is 1.69. The molecule has 0 aromatic heterocycles. The Morgan fingerprint density at radius 3 is 2.39 bits per heavy atom. The molecule has 3 rings (SSSR count). The highest BCUT2D eigenvalue weighted by molar-refractivity contribution is 7.89. The number of benzene rings is 3. The Labute approximate surface area is 168 Å². The van der Waals surface area contributed by atoms with Gasteiger partial charge in [0.1, 0.15) is 18.2 Å². The largest absolute Gasteiger partial charge is 0.488 e. The minimum Gasteiger partial charge on any atom is -0.488 e. The van der Waals surface area contributed by atoms with Crippen molar-refractivity contribution in [1.29, 1.82) is 0 Å². The molecule has 3 aromatic carbocycles. The molecule has 0 aliphatic carbocycles. The second-order valence-electron chi connectivity index (χ2n) is 6.02. The summed E-state index contributed by atoms with van der Waals surface area (Å²) in [5, 5.41) is 8.59. The summed E-state index contributed by atoms with van der Waals surface area (Å²) >= 11 is 6.04. The normalized spacial score (nSPS) is 11.2. The first-order valence-corrected chi connectivity index (χ1v) is 10.3. The number of nitrogens with two attached hydrogens (primary N) is 1. The van der Waals surface area contributed by atoms with Crippen LogP contribution in [0.3, 0.4) is 0 Å². The van der Waals surface area contributed by atoms with Crippen LogP contribution in [0.5, 0.6) is 5.75 Å². The maximum absolute atomic E-state index is 13.9. The van der Waals surface area contributed by atoms with E-state index in [0.29, 0.717) is 22.9 Å². The predicted molar refractivity (Wildman–Crippen MR) is 107 cm³/mol. The smallest absolute Gasteiger partial charge is 0.238 e. The molecule has 0 aliphatic rings. The van der Waals surface area contributed by atoms with Gasteiger partial charge in [0.15, 0.2) is 0 Å². The predicted octanol–water partition coefficient (Wildman–Crippen LogP) is 4.32. The molecule has 0 heterocycles. The second-order valence-corrected chi connectivity index (χ2v) is 7.99. The van der Waals surface area contributed by atoms with E-state index in [1.165, 1.54) is 18.2 Å². The number of hydrogen-bond donors (Lipinski definition) is 2. The molecule has 8 heteroatoms. The third-order valence-corrected chi connectivity index (χ3v) is 5.36. The van der Waals surface area contributed by atoms with Gasteiger partial charge in [0.25, 0.3) is 0 Å². The van der Waals surface area contributed by atoms with E-state index in [4.69, 9.17) is 21.5 Å². The number of halogens is 2. The zero-order chi connectivity index (χ0) is 20.1. The van der Waals surface area contributed by atoms with Gasteiger partial charge in [0, 0.05) is 23.4 Å². The Kier molecular flexibility index (Phi) is 6.18. The Morgan fingerprint density at radius 2 is 1.71 bits per heavy atom. The fraction of sp³-hybridized carbons (Fsp3) is 0.100. The van der Waals surface area contributed by atoms with E-state index in [9.17, 15) is 12.8 Å². The minimum atomic E-state index is -3.72. The van der Waals surface area contributed by atoms with Gasteiger partial charge in [-0.2, -0.15) is 0 Å². The molecule has 0 saturated carbocycles. The Morgan fingerprint density at radius 1 is 1.00 bits per heavy atom. The van der Waals surface area contributed by atoms with Crippen LogP contribution in [0.1, 0.15) is 11.1 Å². The van der Waals surface area contributed by atoms with Crippen LogP contribution in [0.2, 0.25) is 5.02 Å². The molecule has 0 fully saturated rings. The number of nitrogens with one attached hydrogen (secondary N) is 1. The summed E-state index contributed by atoms with van der Waals surface area (Å²) < 4.78 is 42.3. The fourth-order valence-electron chi connectivity index (χ4n) is 2.57. The van der Waals surface area contributed by atoms with Crippen LogP contribution in [0.15, 0.2) is 71.6 Å². The maximum Gasteiger partial charge on any atom is 0.238 e. The first kappa shape index (κ1) is 20.1. The molecule has 0 aliphatic heterocycles. The summed E-state index contributed by atoms with van der Waals surface area (Å²) in [7, 11) is -3.72. The van der Waals surface area contributed by atoms with Crippen LogP contribution in [-0.2, 0) is 23.2 Å². The van der Waals surface area contributed by atoms with Crippen LogP contribution in [0.4, 0.5) is 10.1 Å². The number of sulfonamides is 1. The van der Waals surface area contributed by atoms with Gasteiger partial charge in [-0.15, -0.1) is 0 Å². The molecular weight excluding hydrogens is 403 g/mol. The molecule has 0 atom stereocenters. The van der Waals surface area contributed by atoms with Gasteiger partial charge in [-0.05, 0) is 42.5 Å². The van der Waals surface area contributed by atoms with E-state index in [1.54, 1.807) is 30.3 Å². The molecule has 0 radical (unpaired) electrons. The molecule has 0 spiro atoms. The molecule has 0 bridgehead atoms. The summed E-state index contributed by atoms with van der Waals surface area (Å²) in [5.41, 5.74) is 1.87. The summed E-state index contributed by atoms with van der Waals surface area (Å²) in [6, 6.07) is 18.0. The minimum absolute atomic E-state index is 0.00553. The van der Waals surface area contributed by atoms with Gasteiger partial charge in [0.2, 0.25) is 10.0 Å². The van der Waals surface area contributed by atoms with Crippen molar-refractivity contribution in [2.24, 2.45) is 5.14 Å². The third-order valence-electron chi connectivity index (χ3n) is 4.07. The molecule has 146 valence electrons. The van der Waals surface area contributed by atoms with E-state index in [1.807, 2.05) is 18.2 Å². The second kappa shape index (κ2) is 8.60. The molecule has 0 amide bonds. The van der Waals surface area contributed by atoms with Crippen LogP contribution in [0.25, 0.3) is 0 Å². The zero-order valence-corrected chi connectivity index (χ0v) is 16.3. The van der Waals surface area contributed by atoms with Crippen molar-refractivity contribution in [3.05, 3.63) is 88.7 Å². The van der Waals surface area contributed by atoms with Crippen LogP contribution in [0, 0.1) is 5.82 Å². The van der Waals surface area contributed by atoms with Crippen molar-refractivity contribution >= 4 is 27.3 Å². The van der Waals surface area contributed by atoms with Crippen LogP contribution in [-0.4, -0.2) is 8.42 Å². The van der Waals surface area contributed by atoms with Crippen molar-refractivity contribution in [1.82, 2.24) is 0 Å². The summed E-state index contributed by atoms with van der Waals surface area (Å²) in [6.07, 6.45) is 0. The highest BCUT2D eigenvalue weighted by Crippen LogP contribution is 2.24. The standard InChI is InChI=1S/C20H18ClFN2O3S/c21-18-5-3-6-19(22)17(18)13-27-20-7-2-1-4-14(20)12-24-15-8-10-16(11-9-15)28(23,25)26/h1-11,24H,12-13H2,(H2,23,25,26). The molecule has 0 saturated heterocycles. The van der Waals surface area contributed by atoms with Crippen molar-refractivity contribution in [2.45, 2.75) is 18.0 Å². The van der Waals surface area contributed by atoms with Crippen molar-refractivity contribution in [3.8, 4) is 5.75 Å². The van der Waals surface area contributed by atoms with Gasteiger partial charge in [-0.3, -0.25) is 0 Å². The van der Waals surface area contributed by atoms with Gasteiger partial charge >= 0.3 is 0 Å². The third kappa shape index (κ3) is 5.01. The van der Waals surface area contributed by atoms with Gasteiger partial charge in [0.05, 0.1) is 9.92 Å². The molecule has 0 unspecified atom stereocenters. The average molecular weight is 421 g/mol. The highest BCUT2D eigenvalue weighted by atomic mass is 35.5. The van der Waals surface area contributed by atoms with E-state index in [-0.39, 0.29) is 11.5 Å². The lowest BCUT2D eigenvalue weighted by Gasteiger charge is -2.14. The van der Waals surface area contributed by atoms with Crippen molar-refractivity contribution in [2.75, 3.05) is 5.32 Å². The summed E-state index contributed by atoms with van der Waals surface area (Å²) in [6.45, 7) is 0.432. The molecular formula is C20H18ClFN2O3S. The summed E-state index contributed by atoms with van der Waals surface area (Å²) in [4.78, 5) is 0.0450. The molecule has 3 aromatic rings. The van der Waals surface area contributed by atoms with Crippen molar-refractivity contribution in [3.63, 3.8) is 0 Å². The quantitative estimate of drug-likeness (QED) is 0.596. The Bertz CT molecular complexity index is 1050. The topological polar surface area (TPSA) is 81.4 Å². The first-order chi connectivity index (χ1) is 13.3. The first-order valence-electron chi connectivity index (χ1n) is 8.35. The maximum atomic E-state index is 13.9. The summed E-state index contributed by atoms with van der Waals surface area (Å²) in [5.74, 6) is 0.175. The molecule has 28 heavy (non-hydrogen) atoms. The van der Waals surface area contributed by atoms with E-state index in [2.05, 4.69) is 5.32 Å². The lowest BCUT2D eigenvalue weighted by atomic mass is 10.2. The van der Waals surface area contributed by atoms with E-state index in [0.717, 1.165) is 11.3 Å². The van der Waals surface area contributed by atoms with Crippen LogP contribution >= 0.6 is 11.6 Å². The number of anilines is 1. The Hall–Kier alpha value is -2.61. The van der Waals surface area contributed by atoms with Gasteiger partial charge < -0.3 is 10.1 Å². The monoisotopic (exact) mass is 420 g/mol. The lowest BCUT2D eigenvalue weighted by molar-refractivity contribution is 0.297. The average Bonchev–Trinajstić information content (AvgIpc) is 2.66. The van der Waals surface area contributed by atoms with Crippen molar-refractivity contribution < 1.29 is 17.5 Å². The SMILES string of the molecule is NS(=O)(=O)c1ccc(NCc2ccccc2OCc2c(F)cccc2Cl)cc1. The van der Waals surface area contributed by atoms with Gasteiger partial charge in [-0.25, -0.2) is 17.9 Å². The number of primary sulfonamides is 1. The highest BCUT2D eigenvalue weighted by Gasteiger charge is 2.10. The van der Waals surface area contributed by atoms with E-state index < -0.39 is 15.8 Å². The molecule has 5 nitrogen and oxygen atoms in total. The van der Waals surface area contributed by atoms with Gasteiger partial charge in [-0.1, -0.05) is 35.9 Å². The number of hydrogen-bond acceptors (Lipinski definition) is 4. The fourth-order valence-corrected chi connectivity index (χ4v) is 3.30. The number of rotatable bonds is 7. The lowest BCUT2D eigenvalue weighted by Crippen LogP contribution is -2.12.